The molecule has 0 aliphatic rings. The number of non-ortho nitro benzene ring substituents is 1. The van der Waals surface area contributed by atoms with E-state index in [-0.39, 0.29) is 18.1 Å². The van der Waals surface area contributed by atoms with Gasteiger partial charge in [0.1, 0.15) is 0 Å². The molecule has 132 valence electrons. The molecule has 8 heteroatoms. The zero-order chi connectivity index (χ0) is 17.9. The maximum atomic E-state index is 11.7. The summed E-state index contributed by atoms with van der Waals surface area (Å²) in [6.07, 6.45) is 2.05. The highest BCUT2D eigenvalue weighted by Gasteiger charge is 2.06. The van der Waals surface area contributed by atoms with E-state index in [1.165, 1.54) is 17.0 Å². The molecule has 0 fully saturated rings. The van der Waals surface area contributed by atoms with E-state index in [0.717, 1.165) is 24.9 Å². The molecule has 0 atom stereocenters. The fraction of sp³-hybridized carbons (Fsp3) is 0.500. The molecule has 1 aromatic carbocycles. The van der Waals surface area contributed by atoms with Crippen LogP contribution < -0.4 is 10.6 Å². The number of hydrogen-bond donors (Lipinski definition) is 2. The van der Waals surface area contributed by atoms with Gasteiger partial charge in [-0.15, -0.1) is 0 Å². The van der Waals surface area contributed by atoms with E-state index in [9.17, 15) is 14.9 Å². The van der Waals surface area contributed by atoms with Crippen molar-refractivity contribution in [3.8, 4) is 0 Å². The molecule has 0 heterocycles. The molecule has 0 aliphatic heterocycles. The molecule has 2 N–H and O–H groups in total. The predicted octanol–water partition coefficient (Wildman–Crippen LogP) is 1.52. The highest BCUT2D eigenvalue weighted by atomic mass is 16.6. The van der Waals surface area contributed by atoms with Gasteiger partial charge >= 0.3 is 0 Å². The topological polar surface area (TPSA) is 99.9 Å². The van der Waals surface area contributed by atoms with Crippen LogP contribution in [0.4, 0.5) is 5.69 Å². The van der Waals surface area contributed by atoms with Crippen LogP contribution in [0.25, 0.3) is 0 Å². The number of benzene rings is 1. The van der Waals surface area contributed by atoms with Gasteiger partial charge in [0.15, 0.2) is 5.96 Å². The lowest BCUT2D eigenvalue weighted by Crippen LogP contribution is -2.43. The number of carbonyl (C=O) groups is 1. The molecule has 0 radical (unpaired) electrons. The van der Waals surface area contributed by atoms with E-state index in [1.54, 1.807) is 26.2 Å². The molecule has 0 unspecified atom stereocenters. The van der Waals surface area contributed by atoms with Crippen molar-refractivity contribution in [2.24, 2.45) is 4.99 Å². The third-order valence-corrected chi connectivity index (χ3v) is 3.30. The quantitative estimate of drug-likeness (QED) is 0.247. The SMILES string of the molecule is CCCCNC(=NCc1ccc([N+](=O)[O-])cc1)NCC(=O)N(C)C. The molecule has 0 bridgehead atoms. The van der Waals surface area contributed by atoms with Gasteiger partial charge in [0, 0.05) is 32.8 Å². The Morgan fingerprint density at radius 2 is 1.92 bits per heavy atom. The highest BCUT2D eigenvalue weighted by molar-refractivity contribution is 5.86. The first-order chi connectivity index (χ1) is 11.4. The standard InChI is InChI=1S/C16H25N5O3/c1-4-5-10-17-16(19-12-15(22)20(2)3)18-11-13-6-8-14(9-7-13)21(23)24/h6-9H,4-5,10-12H2,1-3H3,(H2,17,18,19). The molecule has 0 aromatic heterocycles. The number of nitro groups is 1. The number of amides is 1. The van der Waals surface area contributed by atoms with Crippen LogP contribution in [0.15, 0.2) is 29.3 Å². The van der Waals surface area contributed by atoms with Crippen molar-refractivity contribution in [1.29, 1.82) is 0 Å². The van der Waals surface area contributed by atoms with Gasteiger partial charge in [0.05, 0.1) is 18.0 Å². The lowest BCUT2D eigenvalue weighted by molar-refractivity contribution is -0.384. The van der Waals surface area contributed by atoms with Gasteiger partial charge in [-0.2, -0.15) is 0 Å². The summed E-state index contributed by atoms with van der Waals surface area (Å²) in [6, 6.07) is 6.27. The van der Waals surface area contributed by atoms with Crippen molar-refractivity contribution in [3.05, 3.63) is 39.9 Å². The Balaban J connectivity index is 2.67. The average Bonchev–Trinajstić information content (AvgIpc) is 2.56. The summed E-state index contributed by atoms with van der Waals surface area (Å²) in [5.41, 5.74) is 0.912. The zero-order valence-corrected chi connectivity index (χ0v) is 14.4. The highest BCUT2D eigenvalue weighted by Crippen LogP contribution is 2.12. The second-order valence-electron chi connectivity index (χ2n) is 5.51. The molecule has 0 saturated carbocycles. The molecule has 0 aliphatic carbocycles. The summed E-state index contributed by atoms with van der Waals surface area (Å²) in [7, 11) is 3.39. The van der Waals surface area contributed by atoms with Crippen LogP contribution >= 0.6 is 0 Å². The van der Waals surface area contributed by atoms with E-state index >= 15 is 0 Å². The fourth-order valence-corrected chi connectivity index (χ4v) is 1.77. The van der Waals surface area contributed by atoms with Gasteiger partial charge in [0.2, 0.25) is 5.91 Å². The van der Waals surface area contributed by atoms with Crippen LogP contribution in [0.3, 0.4) is 0 Å². The van der Waals surface area contributed by atoms with Crippen LogP contribution in [-0.4, -0.2) is 48.9 Å². The first-order valence-corrected chi connectivity index (χ1v) is 7.89. The van der Waals surface area contributed by atoms with Gasteiger partial charge in [-0.25, -0.2) is 4.99 Å². The van der Waals surface area contributed by atoms with E-state index in [4.69, 9.17) is 0 Å². The van der Waals surface area contributed by atoms with Crippen molar-refractivity contribution in [2.45, 2.75) is 26.3 Å². The molecule has 24 heavy (non-hydrogen) atoms. The molecular formula is C16H25N5O3. The number of nitrogens with one attached hydrogen (secondary N) is 2. The second-order valence-corrected chi connectivity index (χ2v) is 5.51. The molecule has 1 amide bonds. The molecule has 1 rings (SSSR count). The van der Waals surface area contributed by atoms with Crippen LogP contribution in [-0.2, 0) is 11.3 Å². The summed E-state index contributed by atoms with van der Waals surface area (Å²) >= 11 is 0. The van der Waals surface area contributed by atoms with Gasteiger partial charge in [-0.1, -0.05) is 25.5 Å². The van der Waals surface area contributed by atoms with Crippen molar-refractivity contribution < 1.29 is 9.72 Å². The average molecular weight is 335 g/mol. The van der Waals surface area contributed by atoms with E-state index in [1.807, 2.05) is 0 Å². The Morgan fingerprint density at radius 1 is 1.25 bits per heavy atom. The Morgan fingerprint density at radius 3 is 2.46 bits per heavy atom. The number of carbonyl (C=O) groups excluding carboxylic acids is 1. The third-order valence-electron chi connectivity index (χ3n) is 3.30. The zero-order valence-electron chi connectivity index (χ0n) is 14.4. The van der Waals surface area contributed by atoms with Crippen LogP contribution in [0.2, 0.25) is 0 Å². The normalized spacial score (nSPS) is 11.0. The maximum absolute atomic E-state index is 11.7. The van der Waals surface area contributed by atoms with Gasteiger partial charge < -0.3 is 15.5 Å². The molecule has 8 nitrogen and oxygen atoms in total. The maximum Gasteiger partial charge on any atom is 0.269 e. The van der Waals surface area contributed by atoms with Gasteiger partial charge in [-0.05, 0) is 12.0 Å². The first-order valence-electron chi connectivity index (χ1n) is 7.89. The van der Waals surface area contributed by atoms with Crippen molar-refractivity contribution in [3.63, 3.8) is 0 Å². The lowest BCUT2D eigenvalue weighted by Gasteiger charge is -2.14. The Bertz CT molecular complexity index is 570. The van der Waals surface area contributed by atoms with Crippen molar-refractivity contribution in [2.75, 3.05) is 27.2 Å². The minimum atomic E-state index is -0.431. The third kappa shape index (κ3) is 7.08. The summed E-state index contributed by atoms with van der Waals surface area (Å²) in [4.78, 5) is 27.8. The van der Waals surface area contributed by atoms with Crippen LogP contribution in [0.1, 0.15) is 25.3 Å². The number of unbranched alkanes of at least 4 members (excludes halogenated alkanes) is 1. The number of hydrogen-bond acceptors (Lipinski definition) is 4. The fourth-order valence-electron chi connectivity index (χ4n) is 1.77. The van der Waals surface area contributed by atoms with E-state index < -0.39 is 4.92 Å². The summed E-state index contributed by atoms with van der Waals surface area (Å²) < 4.78 is 0. The summed E-state index contributed by atoms with van der Waals surface area (Å²) in [5, 5.41) is 16.8. The van der Waals surface area contributed by atoms with Crippen molar-refractivity contribution >= 4 is 17.6 Å². The number of guanidine groups is 1. The number of nitro benzene ring substituents is 1. The Kier molecular flexibility index (Phi) is 8.24. The molecule has 1 aromatic rings. The number of rotatable bonds is 8. The van der Waals surface area contributed by atoms with Gasteiger partial charge in [0.25, 0.3) is 5.69 Å². The van der Waals surface area contributed by atoms with Crippen LogP contribution in [0, 0.1) is 10.1 Å². The monoisotopic (exact) mass is 335 g/mol. The first kappa shape index (κ1) is 19.4. The Labute approximate surface area is 142 Å². The molecular weight excluding hydrogens is 310 g/mol. The molecule has 0 spiro atoms. The number of aliphatic imine (C=N–C) groups is 1. The van der Waals surface area contributed by atoms with E-state index in [0.29, 0.717) is 12.5 Å². The number of likely N-dealkylation sites (N-methyl/N-ethyl adjacent to an activating group) is 1. The largest absolute Gasteiger partial charge is 0.356 e. The summed E-state index contributed by atoms with van der Waals surface area (Å²) in [6.45, 7) is 3.39. The molecule has 0 saturated heterocycles. The minimum absolute atomic E-state index is 0.0460. The van der Waals surface area contributed by atoms with Crippen LogP contribution in [0.5, 0.6) is 0 Å². The van der Waals surface area contributed by atoms with Crippen molar-refractivity contribution in [1.82, 2.24) is 15.5 Å². The second kappa shape index (κ2) is 10.2. The van der Waals surface area contributed by atoms with E-state index in [2.05, 4.69) is 22.5 Å². The summed E-state index contributed by atoms with van der Waals surface area (Å²) in [5.74, 6) is 0.507. The number of nitrogens with zero attached hydrogens (tertiary/aromatic N) is 3. The minimum Gasteiger partial charge on any atom is -0.356 e. The Hall–Kier alpha value is -2.64. The van der Waals surface area contributed by atoms with Gasteiger partial charge in [-0.3, -0.25) is 14.9 Å². The predicted molar refractivity (Wildman–Crippen MR) is 93.8 cm³/mol. The smallest absolute Gasteiger partial charge is 0.269 e. The lowest BCUT2D eigenvalue weighted by atomic mass is 10.2.